The normalized spacial score (nSPS) is 10.8. The number of likely N-dealkylation sites (N-methyl/N-ethyl adjacent to an activating group) is 1. The van der Waals surface area contributed by atoms with Crippen LogP contribution in [0.4, 0.5) is 5.69 Å². The van der Waals surface area contributed by atoms with Crippen molar-refractivity contribution in [1.82, 2.24) is 10.6 Å². The van der Waals surface area contributed by atoms with Gasteiger partial charge in [0.15, 0.2) is 0 Å². The Labute approximate surface area is 132 Å². The van der Waals surface area contributed by atoms with Gasteiger partial charge < -0.3 is 15.5 Å². The second-order valence-corrected chi connectivity index (χ2v) is 5.67. The first-order valence-corrected chi connectivity index (χ1v) is 7.89. The number of halogens is 1. The molecule has 0 fully saturated rings. The number of para-hydroxylation sites is 1. The number of amides is 1. The first-order chi connectivity index (χ1) is 9.99. The Morgan fingerprint density at radius 1 is 1.33 bits per heavy atom. The van der Waals surface area contributed by atoms with Crippen LogP contribution in [0.25, 0.3) is 0 Å². The first-order valence-electron chi connectivity index (χ1n) is 7.51. The van der Waals surface area contributed by atoms with Crippen LogP contribution in [-0.2, 0) is 11.3 Å². The quantitative estimate of drug-likeness (QED) is 0.776. The lowest BCUT2D eigenvalue weighted by Gasteiger charge is -2.27. The van der Waals surface area contributed by atoms with Gasteiger partial charge in [0.2, 0.25) is 5.91 Å². The van der Waals surface area contributed by atoms with Crippen molar-refractivity contribution in [3.05, 3.63) is 28.8 Å². The summed E-state index contributed by atoms with van der Waals surface area (Å²) in [6.07, 6.45) is 0. The van der Waals surface area contributed by atoms with Gasteiger partial charge in [-0.05, 0) is 38.9 Å². The maximum Gasteiger partial charge on any atom is 0.239 e. The highest BCUT2D eigenvalue weighted by Gasteiger charge is 2.16. The number of hydrogen-bond donors (Lipinski definition) is 2. The molecule has 0 bridgehead atoms. The van der Waals surface area contributed by atoms with E-state index < -0.39 is 0 Å². The van der Waals surface area contributed by atoms with E-state index in [0.29, 0.717) is 11.6 Å². The topological polar surface area (TPSA) is 44.4 Å². The summed E-state index contributed by atoms with van der Waals surface area (Å²) in [5, 5.41) is 6.92. The first kappa shape index (κ1) is 17.8. The van der Waals surface area contributed by atoms with Gasteiger partial charge in [0.1, 0.15) is 0 Å². The van der Waals surface area contributed by atoms with E-state index in [1.54, 1.807) is 0 Å². The fourth-order valence-electron chi connectivity index (χ4n) is 2.21. The fourth-order valence-corrected chi connectivity index (χ4v) is 2.52. The summed E-state index contributed by atoms with van der Waals surface area (Å²) in [4.78, 5) is 14.0. The number of hydrogen-bond acceptors (Lipinski definition) is 3. The smallest absolute Gasteiger partial charge is 0.239 e. The third-order valence-corrected chi connectivity index (χ3v) is 3.42. The third kappa shape index (κ3) is 5.56. The van der Waals surface area contributed by atoms with Gasteiger partial charge in [-0.25, -0.2) is 0 Å². The van der Waals surface area contributed by atoms with Gasteiger partial charge in [0.05, 0.1) is 17.3 Å². The standard InChI is InChI=1S/C16H26ClN3O/c1-5-18-10-13-8-7-9-14(17)16(13)20(6-2)11-15(21)19-12(3)4/h7-9,12,18H,5-6,10-11H2,1-4H3,(H,19,21). The van der Waals surface area contributed by atoms with Crippen LogP contribution in [-0.4, -0.2) is 31.6 Å². The number of anilines is 1. The minimum atomic E-state index is 0.0150. The minimum Gasteiger partial charge on any atom is -0.361 e. The largest absolute Gasteiger partial charge is 0.361 e. The molecule has 0 saturated heterocycles. The van der Waals surface area contributed by atoms with Crippen molar-refractivity contribution in [1.29, 1.82) is 0 Å². The molecule has 0 heterocycles. The molecule has 0 atom stereocenters. The number of nitrogens with one attached hydrogen (secondary N) is 2. The van der Waals surface area contributed by atoms with Gasteiger partial charge in [-0.1, -0.05) is 30.7 Å². The molecule has 0 spiro atoms. The average molecular weight is 312 g/mol. The zero-order chi connectivity index (χ0) is 15.8. The molecule has 0 aromatic heterocycles. The lowest BCUT2D eigenvalue weighted by atomic mass is 10.1. The van der Waals surface area contributed by atoms with E-state index in [-0.39, 0.29) is 11.9 Å². The van der Waals surface area contributed by atoms with Crippen LogP contribution < -0.4 is 15.5 Å². The summed E-state index contributed by atoms with van der Waals surface area (Å²) in [7, 11) is 0. The van der Waals surface area contributed by atoms with Gasteiger partial charge in [-0.2, -0.15) is 0 Å². The molecule has 2 N–H and O–H groups in total. The van der Waals surface area contributed by atoms with E-state index >= 15 is 0 Å². The number of rotatable bonds is 8. The molecule has 118 valence electrons. The molecule has 1 rings (SSSR count). The Kier molecular flexibility index (Phi) is 7.54. The van der Waals surface area contributed by atoms with Crippen LogP contribution in [0.3, 0.4) is 0 Å². The molecule has 0 aliphatic heterocycles. The van der Waals surface area contributed by atoms with Crippen LogP contribution in [0.1, 0.15) is 33.3 Å². The maximum absolute atomic E-state index is 12.0. The Hall–Kier alpha value is -1.26. The zero-order valence-corrected chi connectivity index (χ0v) is 14.1. The molecule has 4 nitrogen and oxygen atoms in total. The van der Waals surface area contributed by atoms with E-state index in [0.717, 1.165) is 30.9 Å². The highest BCUT2D eigenvalue weighted by Crippen LogP contribution is 2.29. The van der Waals surface area contributed by atoms with E-state index in [4.69, 9.17) is 11.6 Å². The molecule has 5 heteroatoms. The van der Waals surface area contributed by atoms with E-state index in [1.807, 2.05) is 43.9 Å². The lowest BCUT2D eigenvalue weighted by molar-refractivity contribution is -0.120. The highest BCUT2D eigenvalue weighted by molar-refractivity contribution is 6.33. The van der Waals surface area contributed by atoms with E-state index in [1.165, 1.54) is 0 Å². The Morgan fingerprint density at radius 3 is 2.62 bits per heavy atom. The second kappa shape index (κ2) is 8.90. The van der Waals surface area contributed by atoms with Crippen molar-refractivity contribution in [2.45, 2.75) is 40.3 Å². The molecule has 0 radical (unpaired) electrons. The molecule has 1 amide bonds. The van der Waals surface area contributed by atoms with Crippen LogP contribution in [0, 0.1) is 0 Å². The Bertz CT molecular complexity index is 463. The number of nitrogens with zero attached hydrogens (tertiary/aromatic N) is 1. The van der Waals surface area contributed by atoms with Gasteiger partial charge in [0.25, 0.3) is 0 Å². The molecule has 1 aromatic rings. The Balaban J connectivity index is 2.95. The second-order valence-electron chi connectivity index (χ2n) is 5.26. The molecule has 1 aromatic carbocycles. The monoisotopic (exact) mass is 311 g/mol. The highest BCUT2D eigenvalue weighted by atomic mass is 35.5. The summed E-state index contributed by atoms with van der Waals surface area (Å²) in [5.41, 5.74) is 2.06. The number of benzene rings is 1. The van der Waals surface area contributed by atoms with Crippen molar-refractivity contribution in [2.75, 3.05) is 24.5 Å². The number of carbonyl (C=O) groups excluding carboxylic acids is 1. The predicted octanol–water partition coefficient (Wildman–Crippen LogP) is 2.80. The summed E-state index contributed by atoms with van der Waals surface area (Å²) < 4.78 is 0. The zero-order valence-electron chi connectivity index (χ0n) is 13.4. The van der Waals surface area contributed by atoms with Crippen LogP contribution in [0.15, 0.2) is 18.2 Å². The lowest BCUT2D eigenvalue weighted by Crippen LogP contribution is -2.40. The molecular weight excluding hydrogens is 286 g/mol. The van der Waals surface area contributed by atoms with Crippen LogP contribution in [0.5, 0.6) is 0 Å². The molecule has 21 heavy (non-hydrogen) atoms. The average Bonchev–Trinajstić information content (AvgIpc) is 2.42. The van der Waals surface area contributed by atoms with E-state index in [2.05, 4.69) is 17.6 Å². The van der Waals surface area contributed by atoms with Crippen LogP contribution >= 0.6 is 11.6 Å². The van der Waals surface area contributed by atoms with Crippen LogP contribution in [0.2, 0.25) is 5.02 Å². The van der Waals surface area contributed by atoms with Gasteiger partial charge >= 0.3 is 0 Å². The molecule has 0 unspecified atom stereocenters. The van der Waals surface area contributed by atoms with Crippen molar-refractivity contribution >= 4 is 23.2 Å². The minimum absolute atomic E-state index is 0.0150. The summed E-state index contributed by atoms with van der Waals surface area (Å²) in [6, 6.07) is 6.01. The molecule has 0 aliphatic carbocycles. The van der Waals surface area contributed by atoms with Gasteiger partial charge in [0, 0.05) is 19.1 Å². The van der Waals surface area contributed by atoms with Crippen molar-refractivity contribution in [2.24, 2.45) is 0 Å². The van der Waals surface area contributed by atoms with Crippen molar-refractivity contribution in [3.63, 3.8) is 0 Å². The summed E-state index contributed by atoms with van der Waals surface area (Å²) in [5.74, 6) is 0.0150. The van der Waals surface area contributed by atoms with Crippen molar-refractivity contribution < 1.29 is 4.79 Å². The third-order valence-electron chi connectivity index (χ3n) is 3.12. The summed E-state index contributed by atoms with van der Waals surface area (Å²) in [6.45, 7) is 10.7. The fraction of sp³-hybridized carbons (Fsp3) is 0.562. The molecule has 0 saturated carbocycles. The number of carbonyl (C=O) groups is 1. The maximum atomic E-state index is 12.0. The summed E-state index contributed by atoms with van der Waals surface area (Å²) >= 11 is 6.37. The molecule has 0 aliphatic rings. The predicted molar refractivity (Wildman–Crippen MR) is 90.0 cm³/mol. The van der Waals surface area contributed by atoms with E-state index in [9.17, 15) is 4.79 Å². The van der Waals surface area contributed by atoms with Gasteiger partial charge in [-0.3, -0.25) is 4.79 Å². The Morgan fingerprint density at radius 2 is 2.05 bits per heavy atom. The molecular formula is C16H26ClN3O. The van der Waals surface area contributed by atoms with Crippen molar-refractivity contribution in [3.8, 4) is 0 Å². The van der Waals surface area contributed by atoms with Gasteiger partial charge in [-0.15, -0.1) is 0 Å². The SMILES string of the molecule is CCNCc1cccc(Cl)c1N(CC)CC(=O)NC(C)C.